The lowest BCUT2D eigenvalue weighted by Gasteiger charge is -2.29. The summed E-state index contributed by atoms with van der Waals surface area (Å²) in [4.78, 5) is 0. The summed E-state index contributed by atoms with van der Waals surface area (Å²) in [5.74, 6) is 1.37. The van der Waals surface area contributed by atoms with Gasteiger partial charge in [0.2, 0.25) is 0 Å². The van der Waals surface area contributed by atoms with Gasteiger partial charge in [0.25, 0.3) is 0 Å². The van der Waals surface area contributed by atoms with E-state index < -0.39 is 0 Å². The van der Waals surface area contributed by atoms with E-state index >= 15 is 0 Å². The molecule has 2 saturated heterocycles. The van der Waals surface area contributed by atoms with E-state index in [1.165, 1.54) is 34.6 Å². The van der Waals surface area contributed by atoms with Gasteiger partial charge in [-0.1, -0.05) is 137 Å². The molecular formula is C30H32N4P2. The molecule has 4 nitrogen and oxygen atoms in total. The smallest absolute Gasteiger partial charge is 0.0676 e. The molecule has 0 amide bonds. The minimum atomic E-state index is -0.378. The van der Waals surface area contributed by atoms with E-state index in [1.807, 2.05) is 0 Å². The molecular weight excluding hydrogens is 478 g/mol. The largest absolute Gasteiger partial charge is 0.245 e. The molecule has 0 spiro atoms. The van der Waals surface area contributed by atoms with Crippen molar-refractivity contribution in [1.82, 2.24) is 21.7 Å². The van der Waals surface area contributed by atoms with Crippen LogP contribution < -0.4 is 21.7 Å². The average Bonchev–Trinajstić information content (AvgIpc) is 3.58. The Morgan fingerprint density at radius 1 is 0.361 bits per heavy atom. The van der Waals surface area contributed by atoms with E-state index in [9.17, 15) is 0 Å². The fourth-order valence-electron chi connectivity index (χ4n) is 5.33. The lowest BCUT2D eigenvalue weighted by atomic mass is 10.2. The SMILES string of the molecule is c1ccc([C@H]2NN[C@H](c3ccccc3)P2CC[P@@]2[C@@H](c3ccccc3)NN[C@H]2c2ccccc2)cc1. The summed E-state index contributed by atoms with van der Waals surface area (Å²) in [6.07, 6.45) is 2.41. The molecule has 2 aliphatic rings. The van der Waals surface area contributed by atoms with Gasteiger partial charge in [-0.25, -0.2) is 21.7 Å². The normalized spacial score (nSPS) is 26.3. The van der Waals surface area contributed by atoms with E-state index in [0.29, 0.717) is 23.1 Å². The van der Waals surface area contributed by atoms with Crippen molar-refractivity contribution >= 4 is 15.8 Å². The number of rotatable bonds is 7. The molecule has 2 heterocycles. The summed E-state index contributed by atoms with van der Waals surface area (Å²) in [5.41, 5.74) is 20.3. The summed E-state index contributed by atoms with van der Waals surface area (Å²) >= 11 is 0. The van der Waals surface area contributed by atoms with Crippen LogP contribution in [0, 0.1) is 0 Å². The Morgan fingerprint density at radius 2 is 0.583 bits per heavy atom. The second kappa shape index (κ2) is 11.3. The molecule has 0 unspecified atom stereocenters. The van der Waals surface area contributed by atoms with Crippen molar-refractivity contribution in [2.75, 3.05) is 12.3 Å². The zero-order chi connectivity index (χ0) is 24.2. The predicted molar refractivity (Wildman–Crippen MR) is 153 cm³/mol. The molecule has 4 aromatic carbocycles. The lowest BCUT2D eigenvalue weighted by Crippen LogP contribution is -2.26. The molecule has 182 valence electrons. The molecule has 4 N–H and O–H groups in total. The van der Waals surface area contributed by atoms with Crippen molar-refractivity contribution in [2.45, 2.75) is 23.1 Å². The van der Waals surface area contributed by atoms with E-state index in [1.54, 1.807) is 0 Å². The molecule has 5 atom stereocenters. The van der Waals surface area contributed by atoms with Gasteiger partial charge in [0.15, 0.2) is 0 Å². The Labute approximate surface area is 216 Å². The molecule has 0 aromatic heterocycles. The highest BCUT2D eigenvalue weighted by molar-refractivity contribution is 7.62. The molecule has 4 aromatic rings. The molecule has 0 aliphatic carbocycles. The quantitative estimate of drug-likeness (QED) is 0.203. The van der Waals surface area contributed by atoms with Gasteiger partial charge in [0, 0.05) is 0 Å². The molecule has 2 fully saturated rings. The maximum Gasteiger partial charge on any atom is 0.0676 e. The van der Waals surface area contributed by atoms with Crippen LogP contribution in [0.15, 0.2) is 121 Å². The Bertz CT molecular complexity index is 1030. The molecule has 0 radical (unpaired) electrons. The second-order valence-electron chi connectivity index (χ2n) is 9.31. The van der Waals surface area contributed by atoms with Crippen molar-refractivity contribution in [3.63, 3.8) is 0 Å². The van der Waals surface area contributed by atoms with E-state index in [2.05, 4.69) is 143 Å². The highest BCUT2D eigenvalue weighted by atomic mass is 31.1. The first kappa shape index (κ1) is 23.9. The highest BCUT2D eigenvalue weighted by Gasteiger charge is 2.41. The number of nitrogens with one attached hydrogen (secondary N) is 4. The monoisotopic (exact) mass is 510 g/mol. The Balaban J connectivity index is 1.30. The molecule has 6 heteroatoms. The molecule has 2 aliphatic heterocycles. The van der Waals surface area contributed by atoms with Crippen LogP contribution in [0.5, 0.6) is 0 Å². The molecule has 0 saturated carbocycles. The summed E-state index contributed by atoms with van der Waals surface area (Å²) in [5, 5.41) is 0. The highest BCUT2D eigenvalue weighted by Crippen LogP contribution is 2.67. The Morgan fingerprint density at radius 3 is 0.806 bits per heavy atom. The van der Waals surface area contributed by atoms with Crippen LogP contribution in [0.25, 0.3) is 0 Å². The minimum Gasteiger partial charge on any atom is -0.245 e. The first-order valence-corrected chi connectivity index (χ1v) is 15.9. The van der Waals surface area contributed by atoms with Gasteiger partial charge < -0.3 is 0 Å². The van der Waals surface area contributed by atoms with Gasteiger partial charge in [-0.15, -0.1) is 0 Å². The summed E-state index contributed by atoms with van der Waals surface area (Å²) in [7, 11) is -0.756. The van der Waals surface area contributed by atoms with E-state index in [4.69, 9.17) is 0 Å². The van der Waals surface area contributed by atoms with Gasteiger partial charge in [0.1, 0.15) is 0 Å². The topological polar surface area (TPSA) is 48.1 Å². The van der Waals surface area contributed by atoms with Crippen LogP contribution in [0.3, 0.4) is 0 Å². The third kappa shape index (κ3) is 5.04. The predicted octanol–water partition coefficient (Wildman–Crippen LogP) is 6.96. The minimum absolute atomic E-state index is 0.343. The number of hydrogen-bond acceptors (Lipinski definition) is 4. The van der Waals surface area contributed by atoms with Gasteiger partial charge in [-0.3, -0.25) is 0 Å². The number of hydrogen-bond donors (Lipinski definition) is 4. The van der Waals surface area contributed by atoms with Crippen LogP contribution in [0.4, 0.5) is 0 Å². The Hall–Kier alpha value is -2.42. The second-order valence-corrected chi connectivity index (χ2v) is 14.3. The summed E-state index contributed by atoms with van der Waals surface area (Å²) in [6.45, 7) is 0. The fraction of sp³-hybridized carbons (Fsp3) is 0.200. The van der Waals surface area contributed by atoms with Crippen molar-refractivity contribution in [3.8, 4) is 0 Å². The van der Waals surface area contributed by atoms with Gasteiger partial charge in [0.05, 0.1) is 23.1 Å². The van der Waals surface area contributed by atoms with Crippen LogP contribution in [-0.4, -0.2) is 12.3 Å². The van der Waals surface area contributed by atoms with Gasteiger partial charge in [-0.2, -0.15) is 0 Å². The molecule has 0 bridgehead atoms. The zero-order valence-corrected chi connectivity index (χ0v) is 22.0. The van der Waals surface area contributed by atoms with Crippen molar-refractivity contribution < 1.29 is 0 Å². The molecule has 6 rings (SSSR count). The van der Waals surface area contributed by atoms with Crippen molar-refractivity contribution in [3.05, 3.63) is 144 Å². The summed E-state index contributed by atoms with van der Waals surface area (Å²) in [6, 6.07) is 43.9. The zero-order valence-electron chi connectivity index (χ0n) is 20.2. The Kier molecular flexibility index (Phi) is 7.53. The van der Waals surface area contributed by atoms with Crippen molar-refractivity contribution in [2.24, 2.45) is 0 Å². The fourth-order valence-corrected chi connectivity index (χ4v) is 12.0. The van der Waals surface area contributed by atoms with Crippen LogP contribution in [0.2, 0.25) is 0 Å². The first-order chi connectivity index (χ1) is 17.9. The van der Waals surface area contributed by atoms with E-state index in [-0.39, 0.29) is 15.8 Å². The van der Waals surface area contributed by atoms with Crippen LogP contribution in [0.1, 0.15) is 45.4 Å². The maximum atomic E-state index is 3.69. The maximum absolute atomic E-state index is 3.69. The van der Waals surface area contributed by atoms with Crippen LogP contribution >= 0.6 is 15.8 Å². The first-order valence-electron chi connectivity index (χ1n) is 12.6. The number of hydrazine groups is 2. The molecule has 36 heavy (non-hydrogen) atoms. The summed E-state index contributed by atoms with van der Waals surface area (Å²) < 4.78 is 0. The number of benzene rings is 4. The third-order valence-corrected chi connectivity index (χ3v) is 13.3. The van der Waals surface area contributed by atoms with Gasteiger partial charge in [-0.05, 0) is 34.6 Å². The third-order valence-electron chi connectivity index (χ3n) is 7.12. The van der Waals surface area contributed by atoms with Gasteiger partial charge >= 0.3 is 0 Å². The lowest BCUT2D eigenvalue weighted by molar-refractivity contribution is 0.555. The average molecular weight is 511 g/mol. The van der Waals surface area contributed by atoms with Crippen LogP contribution in [-0.2, 0) is 0 Å². The van der Waals surface area contributed by atoms with Crippen molar-refractivity contribution in [1.29, 1.82) is 0 Å². The van der Waals surface area contributed by atoms with E-state index in [0.717, 1.165) is 0 Å². The standard InChI is InChI=1S/C30H32N4P2/c1-5-13-23(14-6-1)27-31-32-28(24-15-7-2-8-16-24)35(27)21-22-36-29(25-17-9-3-10-18-25)33-34-30(36)26-19-11-4-12-20-26/h1-20,27-34H,21-22H2/t27-,28-,29-,30+,36-/m0/s1.